The maximum atomic E-state index is 12.9. The van der Waals surface area contributed by atoms with E-state index in [-0.39, 0.29) is 5.91 Å². The molecule has 2 aromatic carbocycles. The lowest BCUT2D eigenvalue weighted by Gasteiger charge is -2.36. The number of anilines is 1. The summed E-state index contributed by atoms with van der Waals surface area (Å²) in [6, 6.07) is 15.8. The molecule has 29 heavy (non-hydrogen) atoms. The lowest BCUT2D eigenvalue weighted by Crippen LogP contribution is -2.48. The van der Waals surface area contributed by atoms with Crippen LogP contribution in [0.5, 0.6) is 0 Å². The maximum Gasteiger partial charge on any atom is 0.253 e. The van der Waals surface area contributed by atoms with Crippen molar-refractivity contribution in [1.29, 1.82) is 0 Å². The number of amides is 1. The zero-order valence-corrected chi connectivity index (χ0v) is 18.6. The van der Waals surface area contributed by atoms with Crippen LogP contribution in [0.3, 0.4) is 0 Å². The summed E-state index contributed by atoms with van der Waals surface area (Å²) in [5.74, 6) is 0.955. The molecule has 4 rings (SSSR count). The Kier molecular flexibility index (Phi) is 6.43. The molecular formula is C22H22ClN3OS2. The van der Waals surface area contributed by atoms with E-state index in [9.17, 15) is 4.79 Å². The van der Waals surface area contributed by atoms with E-state index < -0.39 is 0 Å². The van der Waals surface area contributed by atoms with Gasteiger partial charge < -0.3 is 9.80 Å². The van der Waals surface area contributed by atoms with Crippen LogP contribution in [0.2, 0.25) is 5.02 Å². The number of piperazine rings is 1. The summed E-state index contributed by atoms with van der Waals surface area (Å²) < 4.78 is 1.08. The average Bonchev–Trinajstić information content (AvgIpc) is 3.18. The van der Waals surface area contributed by atoms with Crippen LogP contribution >= 0.6 is 34.7 Å². The highest BCUT2D eigenvalue weighted by Gasteiger charge is 2.23. The summed E-state index contributed by atoms with van der Waals surface area (Å²) in [5.41, 5.74) is 4.05. The molecule has 0 N–H and O–H groups in total. The van der Waals surface area contributed by atoms with E-state index in [4.69, 9.17) is 11.6 Å². The Morgan fingerprint density at radius 3 is 2.48 bits per heavy atom. The Morgan fingerprint density at radius 2 is 1.83 bits per heavy atom. The largest absolute Gasteiger partial charge is 0.367 e. The minimum absolute atomic E-state index is 0.0959. The quantitative estimate of drug-likeness (QED) is 0.497. The van der Waals surface area contributed by atoms with Gasteiger partial charge in [0.25, 0.3) is 5.91 Å². The van der Waals surface area contributed by atoms with Gasteiger partial charge in [-0.25, -0.2) is 4.98 Å². The summed E-state index contributed by atoms with van der Waals surface area (Å²) in [7, 11) is 0. The van der Waals surface area contributed by atoms with Gasteiger partial charge in [0.15, 0.2) is 0 Å². The van der Waals surface area contributed by atoms with Gasteiger partial charge in [-0.05, 0) is 36.8 Å². The molecule has 1 aromatic heterocycles. The molecule has 1 aliphatic rings. The Bertz CT molecular complexity index is 982. The van der Waals surface area contributed by atoms with Gasteiger partial charge in [-0.15, -0.1) is 11.3 Å². The fourth-order valence-corrected chi connectivity index (χ4v) is 5.39. The molecule has 0 atom stereocenters. The molecule has 1 aliphatic heterocycles. The topological polar surface area (TPSA) is 36.4 Å². The first-order chi connectivity index (χ1) is 14.1. The van der Waals surface area contributed by atoms with Crippen LogP contribution in [0.4, 0.5) is 5.69 Å². The second-order valence-electron chi connectivity index (χ2n) is 6.97. The molecule has 3 aromatic rings. The van der Waals surface area contributed by atoms with E-state index in [1.165, 1.54) is 5.56 Å². The van der Waals surface area contributed by atoms with Crippen LogP contribution in [0.1, 0.15) is 21.6 Å². The van der Waals surface area contributed by atoms with Crippen LogP contribution in [0.15, 0.2) is 58.3 Å². The molecule has 0 radical (unpaired) electrons. The van der Waals surface area contributed by atoms with E-state index in [0.29, 0.717) is 13.1 Å². The lowest BCUT2D eigenvalue weighted by atomic mass is 10.1. The Morgan fingerprint density at radius 1 is 1.10 bits per heavy atom. The number of para-hydroxylation sites is 1. The second-order valence-corrected chi connectivity index (χ2v) is 9.46. The molecule has 150 valence electrons. The standard InChI is InChI=1S/C22H22ClN3OS2/c1-16-14-28-22(24-16)29-15-17-6-8-18(9-7-17)21(27)26-12-10-25(11-13-26)20-5-3-2-4-19(20)23/h2-9,14H,10-13,15H2,1H3. The molecule has 1 saturated heterocycles. The van der Waals surface area contributed by atoms with Crippen molar-refractivity contribution >= 4 is 46.3 Å². The van der Waals surface area contributed by atoms with Crippen molar-refractivity contribution in [3.8, 4) is 0 Å². The highest BCUT2D eigenvalue weighted by molar-refractivity contribution is 8.00. The number of rotatable bonds is 5. The predicted molar refractivity (Wildman–Crippen MR) is 122 cm³/mol. The van der Waals surface area contributed by atoms with E-state index in [0.717, 1.165) is 45.1 Å². The number of thiazole rings is 1. The number of aryl methyl sites for hydroxylation is 1. The van der Waals surface area contributed by atoms with Crippen molar-refractivity contribution in [2.24, 2.45) is 0 Å². The molecule has 0 bridgehead atoms. The monoisotopic (exact) mass is 443 g/mol. The van der Waals surface area contributed by atoms with Crippen molar-refractivity contribution in [2.75, 3.05) is 31.1 Å². The molecule has 0 aliphatic carbocycles. The SMILES string of the molecule is Cc1csc(SCc2ccc(C(=O)N3CCN(c4ccccc4Cl)CC3)cc2)n1. The number of carbonyl (C=O) groups is 1. The summed E-state index contributed by atoms with van der Waals surface area (Å²) in [4.78, 5) is 21.5. The van der Waals surface area contributed by atoms with Gasteiger partial charge in [0.1, 0.15) is 4.34 Å². The van der Waals surface area contributed by atoms with Gasteiger partial charge in [-0.2, -0.15) is 0 Å². The normalized spacial score (nSPS) is 14.3. The van der Waals surface area contributed by atoms with E-state index >= 15 is 0 Å². The van der Waals surface area contributed by atoms with Crippen molar-refractivity contribution in [1.82, 2.24) is 9.88 Å². The number of nitrogens with zero attached hydrogens (tertiary/aromatic N) is 3. The average molecular weight is 444 g/mol. The number of benzene rings is 2. The number of thioether (sulfide) groups is 1. The van der Waals surface area contributed by atoms with Crippen LogP contribution < -0.4 is 4.90 Å². The zero-order chi connectivity index (χ0) is 20.2. The van der Waals surface area contributed by atoms with E-state index in [2.05, 4.69) is 15.3 Å². The van der Waals surface area contributed by atoms with E-state index in [1.807, 2.05) is 60.4 Å². The maximum absolute atomic E-state index is 12.9. The smallest absolute Gasteiger partial charge is 0.253 e. The number of hydrogen-bond donors (Lipinski definition) is 0. The third-order valence-electron chi connectivity index (χ3n) is 4.92. The van der Waals surface area contributed by atoms with Gasteiger partial charge in [-0.3, -0.25) is 4.79 Å². The molecule has 0 unspecified atom stereocenters. The fraction of sp³-hybridized carbons (Fsp3) is 0.273. The molecule has 2 heterocycles. The minimum Gasteiger partial charge on any atom is -0.367 e. The van der Waals surface area contributed by atoms with Gasteiger partial charge in [0, 0.05) is 48.6 Å². The predicted octanol–water partition coefficient (Wildman–Crippen LogP) is 5.36. The molecule has 0 spiro atoms. The Labute approximate surface area is 184 Å². The van der Waals surface area contributed by atoms with Gasteiger partial charge in [0.05, 0.1) is 10.7 Å². The third kappa shape index (κ3) is 4.94. The summed E-state index contributed by atoms with van der Waals surface area (Å²) in [6.07, 6.45) is 0. The van der Waals surface area contributed by atoms with Crippen molar-refractivity contribution in [2.45, 2.75) is 17.0 Å². The number of carbonyl (C=O) groups excluding carboxylic acids is 1. The Hall–Kier alpha value is -2.02. The van der Waals surface area contributed by atoms with Crippen molar-refractivity contribution in [3.63, 3.8) is 0 Å². The van der Waals surface area contributed by atoms with Gasteiger partial charge >= 0.3 is 0 Å². The van der Waals surface area contributed by atoms with Crippen molar-refractivity contribution in [3.05, 3.63) is 75.8 Å². The van der Waals surface area contributed by atoms with Gasteiger partial charge in [-0.1, -0.05) is 47.6 Å². The minimum atomic E-state index is 0.0959. The number of halogens is 1. The summed E-state index contributed by atoms with van der Waals surface area (Å²) in [6.45, 7) is 4.99. The lowest BCUT2D eigenvalue weighted by molar-refractivity contribution is 0.0747. The summed E-state index contributed by atoms with van der Waals surface area (Å²) in [5, 5.41) is 2.82. The van der Waals surface area contributed by atoms with Crippen LogP contribution in [0, 0.1) is 6.92 Å². The molecule has 4 nitrogen and oxygen atoms in total. The molecular weight excluding hydrogens is 422 g/mol. The first kappa shape index (κ1) is 20.3. The van der Waals surface area contributed by atoms with E-state index in [1.54, 1.807) is 23.1 Å². The zero-order valence-electron chi connectivity index (χ0n) is 16.2. The number of hydrogen-bond acceptors (Lipinski definition) is 5. The fourth-order valence-electron chi connectivity index (χ4n) is 3.33. The van der Waals surface area contributed by atoms with Crippen molar-refractivity contribution < 1.29 is 4.79 Å². The molecule has 1 fully saturated rings. The van der Waals surface area contributed by atoms with Gasteiger partial charge in [0.2, 0.25) is 0 Å². The molecule has 1 amide bonds. The Balaban J connectivity index is 1.32. The van der Waals surface area contributed by atoms with Crippen LogP contribution in [-0.2, 0) is 5.75 Å². The highest BCUT2D eigenvalue weighted by atomic mass is 35.5. The van der Waals surface area contributed by atoms with Crippen LogP contribution in [0.25, 0.3) is 0 Å². The molecule has 7 heteroatoms. The highest BCUT2D eigenvalue weighted by Crippen LogP contribution is 2.27. The first-order valence-electron chi connectivity index (χ1n) is 9.53. The number of aromatic nitrogens is 1. The first-order valence-corrected chi connectivity index (χ1v) is 11.8. The van der Waals surface area contributed by atoms with Crippen LogP contribution in [-0.4, -0.2) is 42.0 Å². The summed E-state index contributed by atoms with van der Waals surface area (Å²) >= 11 is 9.71. The third-order valence-corrected chi connectivity index (χ3v) is 7.45. The second kappa shape index (κ2) is 9.20. The molecule has 0 saturated carbocycles.